The Balaban J connectivity index is 1.59. The van der Waals surface area contributed by atoms with Crippen LogP contribution in [0.2, 0.25) is 0 Å². The first-order valence-corrected chi connectivity index (χ1v) is 12.3. The van der Waals surface area contributed by atoms with Crippen molar-refractivity contribution in [1.29, 1.82) is 0 Å². The summed E-state index contributed by atoms with van der Waals surface area (Å²) in [6.45, 7) is 0.867. The fourth-order valence-electron chi connectivity index (χ4n) is 4.82. The van der Waals surface area contributed by atoms with Gasteiger partial charge < -0.3 is 23.9 Å². The molecule has 0 spiro atoms. The number of benzene rings is 2. The summed E-state index contributed by atoms with van der Waals surface area (Å²) < 4.78 is 22.2. The van der Waals surface area contributed by atoms with Crippen molar-refractivity contribution in [2.24, 2.45) is 0 Å². The van der Waals surface area contributed by atoms with Gasteiger partial charge in [-0.1, -0.05) is 31.4 Å². The molecule has 36 heavy (non-hydrogen) atoms. The van der Waals surface area contributed by atoms with Crippen molar-refractivity contribution in [3.63, 3.8) is 0 Å². The van der Waals surface area contributed by atoms with Crippen molar-refractivity contribution in [2.45, 2.75) is 44.2 Å². The molecule has 2 heterocycles. The summed E-state index contributed by atoms with van der Waals surface area (Å²) in [6.07, 6.45) is 6.63. The van der Waals surface area contributed by atoms with Gasteiger partial charge in [0.25, 0.3) is 5.91 Å². The SMILES string of the molecule is COc1ccc([C@@H](C(=O)NC2CCCCC2)N(C(=O)c2ccco2)c2ccc3c(c2)OCCO3)cc1. The van der Waals surface area contributed by atoms with Crippen LogP contribution >= 0.6 is 0 Å². The maximum Gasteiger partial charge on any atom is 0.294 e. The van der Waals surface area contributed by atoms with E-state index in [4.69, 9.17) is 18.6 Å². The van der Waals surface area contributed by atoms with Crippen molar-refractivity contribution in [1.82, 2.24) is 5.32 Å². The molecule has 1 aliphatic heterocycles. The van der Waals surface area contributed by atoms with Gasteiger partial charge in [-0.25, -0.2) is 0 Å². The summed E-state index contributed by atoms with van der Waals surface area (Å²) in [5, 5.41) is 3.21. The normalized spacial score (nSPS) is 16.1. The number of carbonyl (C=O) groups is 2. The van der Waals surface area contributed by atoms with Crippen LogP contribution in [-0.4, -0.2) is 38.2 Å². The molecule has 2 aliphatic rings. The molecule has 0 radical (unpaired) electrons. The standard InChI is InChI=1S/C28H30N2O6/c1-33-22-12-9-19(10-13-22)26(27(31)29-20-6-3-2-4-7-20)30(28(32)24-8-5-15-34-24)21-11-14-23-25(18-21)36-17-16-35-23/h5,8-15,18,20,26H,2-4,6-7,16-17H2,1H3,(H,29,31)/t26-/m0/s1. The zero-order chi connectivity index (χ0) is 24.9. The molecule has 1 N–H and O–H groups in total. The molecule has 1 fully saturated rings. The molecule has 2 amide bonds. The maximum atomic E-state index is 13.9. The molecular formula is C28H30N2O6. The lowest BCUT2D eigenvalue weighted by molar-refractivity contribution is -0.123. The van der Waals surface area contributed by atoms with Crippen LogP contribution < -0.4 is 24.4 Å². The van der Waals surface area contributed by atoms with E-state index in [1.807, 2.05) is 12.1 Å². The number of amides is 2. The lowest BCUT2D eigenvalue weighted by Gasteiger charge is -2.33. The van der Waals surface area contributed by atoms with Crippen LogP contribution in [0.3, 0.4) is 0 Å². The lowest BCUT2D eigenvalue weighted by Crippen LogP contribution is -2.47. The van der Waals surface area contributed by atoms with Gasteiger partial charge in [0, 0.05) is 17.8 Å². The zero-order valence-corrected chi connectivity index (χ0v) is 20.3. The van der Waals surface area contributed by atoms with Crippen molar-refractivity contribution < 1.29 is 28.2 Å². The number of furan rings is 1. The van der Waals surface area contributed by atoms with E-state index in [0.29, 0.717) is 41.7 Å². The first kappa shape index (κ1) is 23.8. The Morgan fingerprint density at radius 2 is 1.72 bits per heavy atom. The average molecular weight is 491 g/mol. The fourth-order valence-corrected chi connectivity index (χ4v) is 4.82. The van der Waals surface area contributed by atoms with Gasteiger partial charge in [-0.2, -0.15) is 0 Å². The Morgan fingerprint density at radius 3 is 2.42 bits per heavy atom. The molecule has 1 aromatic heterocycles. The molecule has 5 rings (SSSR count). The second-order valence-corrected chi connectivity index (χ2v) is 9.00. The molecule has 1 aliphatic carbocycles. The highest BCUT2D eigenvalue weighted by Crippen LogP contribution is 2.38. The van der Waals surface area contributed by atoms with Crippen LogP contribution in [0.5, 0.6) is 17.2 Å². The Labute approximate surface area is 210 Å². The average Bonchev–Trinajstić information content (AvgIpc) is 3.47. The van der Waals surface area contributed by atoms with E-state index in [1.54, 1.807) is 49.6 Å². The molecular weight excluding hydrogens is 460 g/mol. The monoisotopic (exact) mass is 490 g/mol. The van der Waals surface area contributed by atoms with Gasteiger partial charge in [0.1, 0.15) is 25.0 Å². The summed E-state index contributed by atoms with van der Waals surface area (Å²) in [7, 11) is 1.59. The van der Waals surface area contributed by atoms with Crippen molar-refractivity contribution in [2.75, 3.05) is 25.2 Å². The van der Waals surface area contributed by atoms with E-state index >= 15 is 0 Å². The summed E-state index contributed by atoms with van der Waals surface area (Å²) in [5.74, 6) is 1.24. The third kappa shape index (κ3) is 5.03. The van der Waals surface area contributed by atoms with Crippen molar-refractivity contribution in [3.8, 4) is 17.2 Å². The van der Waals surface area contributed by atoms with Crippen LogP contribution in [0.1, 0.15) is 54.3 Å². The van der Waals surface area contributed by atoms with E-state index in [-0.39, 0.29) is 17.7 Å². The Hall–Kier alpha value is -3.94. The number of ether oxygens (including phenoxy) is 3. The third-order valence-electron chi connectivity index (χ3n) is 6.64. The van der Waals surface area contributed by atoms with Crippen molar-refractivity contribution in [3.05, 3.63) is 72.2 Å². The number of fused-ring (bicyclic) bond motifs is 1. The van der Waals surface area contributed by atoms with Gasteiger partial charge in [-0.3, -0.25) is 14.5 Å². The van der Waals surface area contributed by atoms with E-state index in [0.717, 1.165) is 25.7 Å². The van der Waals surface area contributed by atoms with Gasteiger partial charge in [-0.05, 0) is 54.8 Å². The molecule has 1 saturated carbocycles. The Kier molecular flexibility index (Phi) is 7.11. The number of hydrogen-bond acceptors (Lipinski definition) is 6. The summed E-state index contributed by atoms with van der Waals surface area (Å²) in [6, 6.07) is 14.8. The van der Waals surface area contributed by atoms with Gasteiger partial charge in [-0.15, -0.1) is 0 Å². The molecule has 188 valence electrons. The fraction of sp³-hybridized carbons (Fsp3) is 0.357. The van der Waals surface area contributed by atoms with Crippen molar-refractivity contribution >= 4 is 17.5 Å². The van der Waals surface area contributed by atoms with Gasteiger partial charge in [0.15, 0.2) is 17.3 Å². The highest BCUT2D eigenvalue weighted by Gasteiger charge is 2.36. The van der Waals surface area contributed by atoms with Gasteiger partial charge >= 0.3 is 0 Å². The molecule has 0 saturated heterocycles. The van der Waals surface area contributed by atoms with Crippen LogP contribution in [0.15, 0.2) is 65.3 Å². The minimum Gasteiger partial charge on any atom is -0.497 e. The number of nitrogens with one attached hydrogen (secondary N) is 1. The van der Waals surface area contributed by atoms with E-state index < -0.39 is 11.9 Å². The molecule has 2 aromatic carbocycles. The minimum atomic E-state index is -0.946. The quantitative estimate of drug-likeness (QED) is 0.507. The zero-order valence-electron chi connectivity index (χ0n) is 20.3. The molecule has 3 aromatic rings. The first-order valence-electron chi connectivity index (χ1n) is 12.3. The Morgan fingerprint density at radius 1 is 0.972 bits per heavy atom. The van der Waals surface area contributed by atoms with Crippen LogP contribution in [0.25, 0.3) is 0 Å². The highest BCUT2D eigenvalue weighted by molar-refractivity contribution is 6.08. The lowest BCUT2D eigenvalue weighted by atomic mass is 9.94. The molecule has 8 nitrogen and oxygen atoms in total. The number of nitrogens with zero attached hydrogens (tertiary/aromatic N) is 1. The number of anilines is 1. The maximum absolute atomic E-state index is 13.9. The Bertz CT molecular complexity index is 1190. The second kappa shape index (κ2) is 10.8. The predicted molar refractivity (Wildman–Crippen MR) is 134 cm³/mol. The second-order valence-electron chi connectivity index (χ2n) is 9.00. The summed E-state index contributed by atoms with van der Waals surface area (Å²) in [5.41, 5.74) is 1.15. The van der Waals surface area contributed by atoms with Crippen LogP contribution in [-0.2, 0) is 4.79 Å². The largest absolute Gasteiger partial charge is 0.497 e. The molecule has 1 atom stereocenters. The van der Waals surface area contributed by atoms with Gasteiger partial charge in [0.05, 0.1) is 13.4 Å². The van der Waals surface area contributed by atoms with E-state index in [2.05, 4.69) is 5.32 Å². The van der Waals surface area contributed by atoms with Crippen LogP contribution in [0.4, 0.5) is 5.69 Å². The number of methoxy groups -OCH3 is 1. The molecule has 0 bridgehead atoms. The van der Waals surface area contributed by atoms with Crippen LogP contribution in [0, 0.1) is 0 Å². The predicted octanol–water partition coefficient (Wildman–Crippen LogP) is 4.90. The minimum absolute atomic E-state index is 0.0767. The molecule has 0 unspecified atom stereocenters. The number of hydrogen-bond donors (Lipinski definition) is 1. The van der Waals surface area contributed by atoms with Gasteiger partial charge in [0.2, 0.25) is 5.91 Å². The summed E-state index contributed by atoms with van der Waals surface area (Å²) in [4.78, 5) is 29.3. The molecule has 8 heteroatoms. The first-order chi connectivity index (χ1) is 17.6. The third-order valence-corrected chi connectivity index (χ3v) is 6.64. The van der Waals surface area contributed by atoms with E-state index in [1.165, 1.54) is 17.6 Å². The van der Waals surface area contributed by atoms with E-state index in [9.17, 15) is 9.59 Å². The number of carbonyl (C=O) groups excluding carboxylic acids is 2. The summed E-state index contributed by atoms with van der Waals surface area (Å²) >= 11 is 0. The number of rotatable bonds is 7. The smallest absolute Gasteiger partial charge is 0.294 e. The highest BCUT2D eigenvalue weighted by atomic mass is 16.6. The topological polar surface area (TPSA) is 90.2 Å².